The lowest BCUT2D eigenvalue weighted by molar-refractivity contribution is -0.122. The Morgan fingerprint density at radius 1 is 1.26 bits per heavy atom. The van der Waals surface area contributed by atoms with Crippen LogP contribution in [0.2, 0.25) is 0 Å². The van der Waals surface area contributed by atoms with Crippen LogP contribution in [-0.2, 0) is 11.2 Å². The van der Waals surface area contributed by atoms with Crippen LogP contribution in [0.5, 0.6) is 0 Å². The maximum atomic E-state index is 12.0. The van der Waals surface area contributed by atoms with E-state index in [1.54, 1.807) is 0 Å². The van der Waals surface area contributed by atoms with Gasteiger partial charge in [0, 0.05) is 13.0 Å². The highest BCUT2D eigenvalue weighted by atomic mass is 16.1. The van der Waals surface area contributed by atoms with Gasteiger partial charge < -0.3 is 11.1 Å². The molecule has 0 heterocycles. The van der Waals surface area contributed by atoms with Gasteiger partial charge in [-0.1, -0.05) is 42.7 Å². The minimum absolute atomic E-state index is 0.121. The molecule has 1 saturated carbocycles. The van der Waals surface area contributed by atoms with Gasteiger partial charge in [0.05, 0.1) is 5.54 Å². The van der Waals surface area contributed by atoms with Crippen molar-refractivity contribution in [1.29, 1.82) is 0 Å². The third-order valence-electron chi connectivity index (χ3n) is 4.12. The first kappa shape index (κ1) is 14.1. The summed E-state index contributed by atoms with van der Waals surface area (Å²) in [5, 5.41) is 3.16. The minimum Gasteiger partial charge on any atom is -0.349 e. The van der Waals surface area contributed by atoms with Crippen LogP contribution < -0.4 is 11.1 Å². The molecule has 1 aromatic carbocycles. The number of aryl methyl sites for hydroxylation is 2. The summed E-state index contributed by atoms with van der Waals surface area (Å²) in [5.41, 5.74) is 8.17. The van der Waals surface area contributed by atoms with Crippen LogP contribution in [0.1, 0.15) is 43.2 Å². The summed E-state index contributed by atoms with van der Waals surface area (Å²) in [6.45, 7) is 2.63. The average Bonchev–Trinajstić information content (AvgIpc) is 2.87. The lowest BCUT2D eigenvalue weighted by atomic mass is 9.97. The highest BCUT2D eigenvalue weighted by Crippen LogP contribution is 2.28. The van der Waals surface area contributed by atoms with Gasteiger partial charge in [0.15, 0.2) is 0 Å². The van der Waals surface area contributed by atoms with Gasteiger partial charge in [0.25, 0.3) is 0 Å². The second-order valence-corrected chi connectivity index (χ2v) is 5.73. The third-order valence-corrected chi connectivity index (χ3v) is 4.12. The lowest BCUT2D eigenvalue weighted by Gasteiger charge is -2.28. The molecule has 1 fully saturated rings. The monoisotopic (exact) mass is 260 g/mol. The summed E-state index contributed by atoms with van der Waals surface area (Å²) in [7, 11) is 0. The van der Waals surface area contributed by atoms with Crippen molar-refractivity contribution in [2.75, 3.05) is 6.54 Å². The molecular weight excluding hydrogens is 236 g/mol. The van der Waals surface area contributed by atoms with E-state index in [9.17, 15) is 4.79 Å². The lowest BCUT2D eigenvalue weighted by Crippen LogP contribution is -2.51. The first-order chi connectivity index (χ1) is 9.13. The Balaban J connectivity index is 1.82. The van der Waals surface area contributed by atoms with Crippen LogP contribution in [0, 0.1) is 6.92 Å². The SMILES string of the molecule is Cc1ccc(CCC(=O)NC2(CN)CCCC2)cc1. The quantitative estimate of drug-likeness (QED) is 0.853. The van der Waals surface area contributed by atoms with E-state index in [1.165, 1.54) is 24.0 Å². The molecule has 0 aromatic heterocycles. The van der Waals surface area contributed by atoms with Gasteiger partial charge in [-0.15, -0.1) is 0 Å². The molecule has 0 aliphatic heterocycles. The summed E-state index contributed by atoms with van der Waals surface area (Å²) in [5.74, 6) is 0.132. The van der Waals surface area contributed by atoms with Crippen LogP contribution in [0.15, 0.2) is 24.3 Å². The molecule has 3 nitrogen and oxygen atoms in total. The molecule has 1 amide bonds. The Bertz CT molecular complexity index is 419. The fourth-order valence-electron chi connectivity index (χ4n) is 2.80. The molecule has 3 N–H and O–H groups in total. The topological polar surface area (TPSA) is 55.1 Å². The largest absolute Gasteiger partial charge is 0.349 e. The van der Waals surface area contributed by atoms with Gasteiger partial charge in [-0.2, -0.15) is 0 Å². The van der Waals surface area contributed by atoms with Crippen molar-refractivity contribution in [3.63, 3.8) is 0 Å². The maximum absolute atomic E-state index is 12.0. The second kappa shape index (κ2) is 6.20. The molecule has 0 radical (unpaired) electrons. The van der Waals surface area contributed by atoms with Crippen LogP contribution in [-0.4, -0.2) is 18.0 Å². The van der Waals surface area contributed by atoms with Crippen LogP contribution in [0.4, 0.5) is 0 Å². The van der Waals surface area contributed by atoms with Crippen LogP contribution in [0.25, 0.3) is 0 Å². The van der Waals surface area contributed by atoms with Gasteiger partial charge in [-0.3, -0.25) is 4.79 Å². The van der Waals surface area contributed by atoms with Crippen molar-refractivity contribution in [1.82, 2.24) is 5.32 Å². The summed E-state index contributed by atoms with van der Waals surface area (Å²) >= 11 is 0. The van der Waals surface area contributed by atoms with Crippen molar-refractivity contribution in [3.8, 4) is 0 Å². The van der Waals surface area contributed by atoms with E-state index >= 15 is 0 Å². The fourth-order valence-corrected chi connectivity index (χ4v) is 2.80. The van der Waals surface area contributed by atoms with Crippen molar-refractivity contribution < 1.29 is 4.79 Å². The zero-order valence-corrected chi connectivity index (χ0v) is 11.7. The Morgan fingerprint density at radius 3 is 2.47 bits per heavy atom. The van der Waals surface area contributed by atoms with Crippen molar-refractivity contribution in [2.45, 2.75) is 51.0 Å². The molecule has 1 aliphatic carbocycles. The molecule has 0 unspecified atom stereocenters. The van der Waals surface area contributed by atoms with E-state index in [4.69, 9.17) is 5.73 Å². The van der Waals surface area contributed by atoms with Gasteiger partial charge >= 0.3 is 0 Å². The van der Waals surface area contributed by atoms with Gasteiger partial charge in [-0.05, 0) is 31.7 Å². The second-order valence-electron chi connectivity index (χ2n) is 5.73. The van der Waals surface area contributed by atoms with Crippen molar-refractivity contribution in [2.24, 2.45) is 5.73 Å². The van der Waals surface area contributed by atoms with E-state index in [-0.39, 0.29) is 11.4 Å². The number of nitrogens with two attached hydrogens (primary N) is 1. The Morgan fingerprint density at radius 2 is 1.89 bits per heavy atom. The van der Waals surface area contributed by atoms with Crippen molar-refractivity contribution >= 4 is 5.91 Å². The third kappa shape index (κ3) is 3.80. The number of hydrogen-bond donors (Lipinski definition) is 2. The number of rotatable bonds is 5. The first-order valence-electron chi connectivity index (χ1n) is 7.20. The first-order valence-corrected chi connectivity index (χ1v) is 7.20. The summed E-state index contributed by atoms with van der Waals surface area (Å²) < 4.78 is 0. The maximum Gasteiger partial charge on any atom is 0.220 e. The molecule has 0 atom stereocenters. The number of amides is 1. The predicted molar refractivity (Wildman–Crippen MR) is 77.9 cm³/mol. The highest BCUT2D eigenvalue weighted by Gasteiger charge is 2.33. The molecule has 3 heteroatoms. The molecule has 1 aliphatic rings. The van der Waals surface area contributed by atoms with Crippen molar-refractivity contribution in [3.05, 3.63) is 35.4 Å². The Kier molecular flexibility index (Phi) is 4.59. The number of hydrogen-bond acceptors (Lipinski definition) is 2. The molecule has 104 valence electrons. The zero-order chi connectivity index (χ0) is 13.7. The van der Waals surface area contributed by atoms with E-state index in [1.807, 2.05) is 0 Å². The summed E-state index contributed by atoms with van der Waals surface area (Å²) in [6.07, 6.45) is 5.75. The number of carbonyl (C=O) groups is 1. The van der Waals surface area contributed by atoms with Gasteiger partial charge in [0.2, 0.25) is 5.91 Å². The number of nitrogens with one attached hydrogen (secondary N) is 1. The normalized spacial score (nSPS) is 17.4. The van der Waals surface area contributed by atoms with E-state index in [2.05, 4.69) is 36.5 Å². The van der Waals surface area contributed by atoms with Gasteiger partial charge in [-0.25, -0.2) is 0 Å². The fraction of sp³-hybridized carbons (Fsp3) is 0.562. The highest BCUT2D eigenvalue weighted by molar-refractivity contribution is 5.77. The molecule has 0 spiro atoms. The zero-order valence-electron chi connectivity index (χ0n) is 11.7. The predicted octanol–water partition coefficient (Wildman–Crippen LogP) is 2.32. The standard InChI is InChI=1S/C16H24N2O/c1-13-4-6-14(7-5-13)8-9-15(19)18-16(12-17)10-2-3-11-16/h4-7H,2-3,8-12,17H2,1H3,(H,18,19). The number of carbonyl (C=O) groups excluding carboxylic acids is 1. The van der Waals surface area contributed by atoms with Gasteiger partial charge in [0.1, 0.15) is 0 Å². The molecule has 0 saturated heterocycles. The molecule has 19 heavy (non-hydrogen) atoms. The molecule has 1 aromatic rings. The summed E-state index contributed by atoms with van der Waals surface area (Å²) in [6, 6.07) is 8.37. The smallest absolute Gasteiger partial charge is 0.220 e. The summed E-state index contributed by atoms with van der Waals surface area (Å²) in [4.78, 5) is 12.0. The Hall–Kier alpha value is -1.35. The van der Waals surface area contributed by atoms with E-state index in [0.29, 0.717) is 13.0 Å². The molecule has 2 rings (SSSR count). The Labute approximate surface area is 115 Å². The molecule has 0 bridgehead atoms. The van der Waals surface area contributed by atoms with E-state index < -0.39 is 0 Å². The average molecular weight is 260 g/mol. The molecular formula is C16H24N2O. The van der Waals surface area contributed by atoms with Crippen LogP contribution in [0.3, 0.4) is 0 Å². The van der Waals surface area contributed by atoms with Crippen LogP contribution >= 0.6 is 0 Å². The minimum atomic E-state index is -0.121. The number of benzene rings is 1. The van der Waals surface area contributed by atoms with E-state index in [0.717, 1.165) is 19.3 Å².